The molecular formula is C8H8O5S. The van der Waals surface area contributed by atoms with E-state index in [4.69, 9.17) is 14.0 Å². The fourth-order valence-corrected chi connectivity index (χ4v) is 2.03. The third-order valence-corrected chi connectivity index (χ3v) is 2.85. The van der Waals surface area contributed by atoms with E-state index in [1.807, 2.05) is 0 Å². The van der Waals surface area contributed by atoms with E-state index in [1.54, 1.807) is 6.07 Å². The van der Waals surface area contributed by atoms with Crippen molar-refractivity contribution in [1.82, 2.24) is 0 Å². The van der Waals surface area contributed by atoms with E-state index < -0.39 is 10.1 Å². The highest BCUT2D eigenvalue weighted by Gasteiger charge is 2.21. The number of rotatable bonds is 1. The largest absolute Gasteiger partial charge is 0.467 e. The molecule has 1 heterocycles. The zero-order valence-electron chi connectivity index (χ0n) is 7.13. The van der Waals surface area contributed by atoms with Gasteiger partial charge in [-0.1, -0.05) is 6.07 Å². The van der Waals surface area contributed by atoms with Crippen molar-refractivity contribution in [2.24, 2.45) is 0 Å². The first-order chi connectivity index (χ1) is 6.59. The highest BCUT2D eigenvalue weighted by atomic mass is 32.2. The van der Waals surface area contributed by atoms with Crippen molar-refractivity contribution < 1.29 is 22.4 Å². The molecule has 0 amide bonds. The summed E-state index contributed by atoms with van der Waals surface area (Å²) >= 11 is 0. The van der Waals surface area contributed by atoms with Crippen LogP contribution in [-0.2, 0) is 21.5 Å². The van der Waals surface area contributed by atoms with E-state index in [9.17, 15) is 8.42 Å². The van der Waals surface area contributed by atoms with Gasteiger partial charge >= 0.3 is 0 Å². The number of hydrogen-bond donors (Lipinski definition) is 1. The van der Waals surface area contributed by atoms with Crippen LogP contribution in [-0.4, -0.2) is 19.8 Å². The second kappa shape index (κ2) is 3.23. The van der Waals surface area contributed by atoms with Crippen LogP contribution >= 0.6 is 0 Å². The van der Waals surface area contributed by atoms with Crippen molar-refractivity contribution in [3.63, 3.8) is 0 Å². The van der Waals surface area contributed by atoms with E-state index in [2.05, 4.69) is 0 Å². The second-order valence-electron chi connectivity index (χ2n) is 2.82. The standard InChI is InChI=1S/C8H8O5S/c9-14(10,11)8-3-1-2-7-6(8)4-12-5-13-7/h1-3H,4-5H2,(H,9,10,11). The first-order valence-corrected chi connectivity index (χ1v) is 5.33. The Morgan fingerprint density at radius 1 is 1.36 bits per heavy atom. The SMILES string of the molecule is O=S(=O)(O)c1cccc2c1COCO2. The Labute approximate surface area is 81.0 Å². The van der Waals surface area contributed by atoms with Crippen molar-refractivity contribution in [3.05, 3.63) is 23.8 Å². The van der Waals surface area contributed by atoms with E-state index in [-0.39, 0.29) is 18.3 Å². The normalized spacial score (nSPS) is 15.8. The smallest absolute Gasteiger partial charge is 0.295 e. The molecule has 0 aromatic heterocycles. The van der Waals surface area contributed by atoms with Gasteiger partial charge in [0.2, 0.25) is 0 Å². The van der Waals surface area contributed by atoms with Crippen molar-refractivity contribution >= 4 is 10.1 Å². The van der Waals surface area contributed by atoms with Crippen LogP contribution in [0.4, 0.5) is 0 Å². The molecule has 0 bridgehead atoms. The molecular weight excluding hydrogens is 208 g/mol. The maximum Gasteiger partial charge on any atom is 0.295 e. The first kappa shape index (κ1) is 9.45. The lowest BCUT2D eigenvalue weighted by atomic mass is 10.2. The fraction of sp³-hybridized carbons (Fsp3) is 0.250. The van der Waals surface area contributed by atoms with Crippen molar-refractivity contribution in [3.8, 4) is 5.75 Å². The Morgan fingerprint density at radius 2 is 2.14 bits per heavy atom. The van der Waals surface area contributed by atoms with E-state index in [0.717, 1.165) is 0 Å². The predicted molar refractivity (Wildman–Crippen MR) is 46.5 cm³/mol. The van der Waals surface area contributed by atoms with Crippen LogP contribution in [0.1, 0.15) is 5.56 Å². The predicted octanol–water partition coefficient (Wildman–Crippen LogP) is 0.800. The topological polar surface area (TPSA) is 72.8 Å². The van der Waals surface area contributed by atoms with Gasteiger partial charge in [0, 0.05) is 5.56 Å². The Hall–Kier alpha value is -1.11. The minimum Gasteiger partial charge on any atom is -0.467 e. The zero-order chi connectivity index (χ0) is 10.2. The minimum atomic E-state index is -4.20. The summed E-state index contributed by atoms with van der Waals surface area (Å²) in [6.45, 7) is 0.229. The first-order valence-electron chi connectivity index (χ1n) is 3.89. The molecule has 1 N–H and O–H groups in total. The van der Waals surface area contributed by atoms with Crippen LogP contribution in [0.3, 0.4) is 0 Å². The molecule has 0 fully saturated rings. The van der Waals surface area contributed by atoms with Gasteiger partial charge in [-0.3, -0.25) is 4.55 Å². The molecule has 14 heavy (non-hydrogen) atoms. The second-order valence-corrected chi connectivity index (χ2v) is 4.21. The summed E-state index contributed by atoms with van der Waals surface area (Å²) in [5.41, 5.74) is 0.362. The highest BCUT2D eigenvalue weighted by molar-refractivity contribution is 7.85. The highest BCUT2D eigenvalue weighted by Crippen LogP contribution is 2.29. The number of ether oxygens (including phenoxy) is 2. The Bertz CT molecular complexity index is 451. The van der Waals surface area contributed by atoms with E-state index in [1.165, 1.54) is 12.1 Å². The van der Waals surface area contributed by atoms with Crippen LogP contribution in [0, 0.1) is 0 Å². The van der Waals surface area contributed by atoms with Gasteiger partial charge in [-0.15, -0.1) is 0 Å². The molecule has 1 aliphatic rings. The van der Waals surface area contributed by atoms with Crippen LogP contribution in [0.2, 0.25) is 0 Å². The Balaban J connectivity index is 2.62. The van der Waals surface area contributed by atoms with Crippen LogP contribution < -0.4 is 4.74 Å². The summed E-state index contributed by atoms with van der Waals surface area (Å²) in [5, 5.41) is 0. The van der Waals surface area contributed by atoms with Gasteiger partial charge in [-0.2, -0.15) is 8.42 Å². The van der Waals surface area contributed by atoms with Crippen LogP contribution in [0.5, 0.6) is 5.75 Å². The van der Waals surface area contributed by atoms with Gasteiger partial charge in [0.05, 0.1) is 6.61 Å². The molecule has 0 unspecified atom stereocenters. The molecule has 0 spiro atoms. The van der Waals surface area contributed by atoms with Gasteiger partial charge in [-0.05, 0) is 12.1 Å². The van der Waals surface area contributed by atoms with Gasteiger partial charge in [-0.25, -0.2) is 0 Å². The quantitative estimate of drug-likeness (QED) is 0.703. The summed E-state index contributed by atoms with van der Waals surface area (Å²) in [7, 11) is -4.20. The molecule has 1 aromatic rings. The lowest BCUT2D eigenvalue weighted by Crippen LogP contribution is -2.14. The van der Waals surface area contributed by atoms with Crippen LogP contribution in [0.15, 0.2) is 23.1 Å². The molecule has 6 heteroatoms. The third kappa shape index (κ3) is 1.59. The lowest BCUT2D eigenvalue weighted by Gasteiger charge is -2.18. The number of benzene rings is 1. The zero-order valence-corrected chi connectivity index (χ0v) is 7.95. The van der Waals surface area contributed by atoms with Gasteiger partial charge in [0.25, 0.3) is 10.1 Å². The molecule has 0 saturated heterocycles. The van der Waals surface area contributed by atoms with Gasteiger partial charge in [0.1, 0.15) is 10.6 Å². The minimum absolute atomic E-state index is 0.0991. The van der Waals surface area contributed by atoms with E-state index in [0.29, 0.717) is 11.3 Å². The van der Waals surface area contributed by atoms with Crippen molar-refractivity contribution in [2.45, 2.75) is 11.5 Å². The van der Waals surface area contributed by atoms with Gasteiger partial charge in [0.15, 0.2) is 6.79 Å². The number of hydrogen-bond acceptors (Lipinski definition) is 4. The molecule has 0 saturated carbocycles. The fourth-order valence-electron chi connectivity index (χ4n) is 1.31. The Kier molecular flexibility index (Phi) is 2.18. The van der Waals surface area contributed by atoms with Crippen molar-refractivity contribution in [2.75, 3.05) is 6.79 Å². The van der Waals surface area contributed by atoms with Crippen molar-refractivity contribution in [1.29, 1.82) is 0 Å². The monoisotopic (exact) mass is 216 g/mol. The summed E-state index contributed by atoms with van der Waals surface area (Å²) < 4.78 is 40.8. The summed E-state index contributed by atoms with van der Waals surface area (Å²) in [6.07, 6.45) is 0. The van der Waals surface area contributed by atoms with E-state index >= 15 is 0 Å². The molecule has 0 radical (unpaired) electrons. The molecule has 1 aromatic carbocycles. The average Bonchev–Trinajstić information content (AvgIpc) is 2.15. The Morgan fingerprint density at radius 3 is 2.86 bits per heavy atom. The van der Waals surface area contributed by atoms with Gasteiger partial charge < -0.3 is 9.47 Å². The molecule has 0 aliphatic carbocycles. The lowest BCUT2D eigenvalue weighted by molar-refractivity contribution is -0.0180. The third-order valence-electron chi connectivity index (χ3n) is 1.91. The number of fused-ring (bicyclic) bond motifs is 1. The van der Waals surface area contributed by atoms with Crippen LogP contribution in [0.25, 0.3) is 0 Å². The molecule has 1 aliphatic heterocycles. The average molecular weight is 216 g/mol. The molecule has 76 valence electrons. The molecule has 0 atom stereocenters. The maximum atomic E-state index is 10.9. The maximum absolute atomic E-state index is 10.9. The molecule has 2 rings (SSSR count). The summed E-state index contributed by atoms with van der Waals surface area (Å²) in [4.78, 5) is -0.158. The molecule has 5 nitrogen and oxygen atoms in total. The summed E-state index contributed by atoms with van der Waals surface area (Å²) in [5.74, 6) is 0.436. The summed E-state index contributed by atoms with van der Waals surface area (Å²) in [6, 6.07) is 4.45.